The first-order chi connectivity index (χ1) is 9.38. The highest BCUT2D eigenvalue weighted by atomic mass is 19.4. The average molecular weight is 294 g/mol. The second-order valence-electron chi connectivity index (χ2n) is 5.35. The van der Waals surface area contributed by atoms with Crippen LogP contribution in [0.1, 0.15) is 32.1 Å². The van der Waals surface area contributed by atoms with E-state index >= 15 is 0 Å². The average Bonchev–Trinajstić information content (AvgIpc) is 2.61. The van der Waals surface area contributed by atoms with Crippen LogP contribution in [-0.2, 0) is 0 Å². The summed E-state index contributed by atoms with van der Waals surface area (Å²) >= 11 is 0. The second kappa shape index (κ2) is 8.34. The zero-order chi connectivity index (χ0) is 15.0. The molecule has 1 aliphatic heterocycles. The maximum absolute atomic E-state index is 12.1. The smallest absolute Gasteiger partial charge is 0.370 e. The van der Waals surface area contributed by atoms with E-state index in [9.17, 15) is 13.2 Å². The minimum absolute atomic E-state index is 0.371. The number of hydrogen-bond donors (Lipinski definition) is 1. The summed E-state index contributed by atoms with van der Waals surface area (Å²) in [5, 5.41) is 0. The zero-order valence-corrected chi connectivity index (χ0v) is 12.1. The van der Waals surface area contributed by atoms with E-state index < -0.39 is 12.7 Å². The molecule has 0 aromatic carbocycles. The number of nitrogens with zero attached hydrogens (tertiary/aromatic N) is 3. The Morgan fingerprint density at radius 2 is 1.80 bits per heavy atom. The Balaban J connectivity index is 2.22. The van der Waals surface area contributed by atoms with Crippen LogP contribution < -0.4 is 5.73 Å². The highest BCUT2D eigenvalue weighted by Gasteiger charge is 2.28. The molecule has 0 unspecified atom stereocenters. The third kappa shape index (κ3) is 7.57. The Kier molecular flexibility index (Phi) is 7.12. The Morgan fingerprint density at radius 1 is 1.20 bits per heavy atom. The highest BCUT2D eigenvalue weighted by Crippen LogP contribution is 2.15. The number of halogens is 3. The van der Waals surface area contributed by atoms with Gasteiger partial charge in [-0.05, 0) is 32.9 Å². The largest absolute Gasteiger partial charge is 0.401 e. The molecule has 1 heterocycles. The van der Waals surface area contributed by atoms with Crippen LogP contribution in [0.4, 0.5) is 13.2 Å². The van der Waals surface area contributed by atoms with Crippen molar-refractivity contribution in [1.29, 1.82) is 0 Å². The van der Waals surface area contributed by atoms with Crippen LogP contribution in [0.2, 0.25) is 0 Å². The summed E-state index contributed by atoms with van der Waals surface area (Å²) < 4.78 is 36.4. The number of rotatable bonds is 5. The van der Waals surface area contributed by atoms with Gasteiger partial charge in [-0.2, -0.15) is 13.2 Å². The van der Waals surface area contributed by atoms with E-state index in [2.05, 4.69) is 9.89 Å². The lowest BCUT2D eigenvalue weighted by molar-refractivity contribution is -0.143. The molecule has 20 heavy (non-hydrogen) atoms. The number of alkyl halides is 3. The summed E-state index contributed by atoms with van der Waals surface area (Å²) in [6.45, 7) is 1.84. The maximum Gasteiger partial charge on any atom is 0.401 e. The third-order valence-corrected chi connectivity index (χ3v) is 3.35. The molecular weight excluding hydrogens is 269 g/mol. The quantitative estimate of drug-likeness (QED) is 0.479. The van der Waals surface area contributed by atoms with Crippen LogP contribution in [0.5, 0.6) is 0 Å². The van der Waals surface area contributed by atoms with Gasteiger partial charge >= 0.3 is 6.18 Å². The molecule has 0 aromatic heterocycles. The SMILES string of the molecule is CN(CCCN=C(N)N1CCCCCC1)CC(F)(F)F. The molecule has 0 spiro atoms. The van der Waals surface area contributed by atoms with Gasteiger partial charge in [-0.3, -0.25) is 9.89 Å². The summed E-state index contributed by atoms with van der Waals surface area (Å²) in [5.41, 5.74) is 5.92. The molecule has 0 aromatic rings. The van der Waals surface area contributed by atoms with Crippen molar-refractivity contribution < 1.29 is 13.2 Å². The van der Waals surface area contributed by atoms with Crippen molar-refractivity contribution in [2.75, 3.05) is 39.8 Å². The predicted molar refractivity (Wildman–Crippen MR) is 74.7 cm³/mol. The monoisotopic (exact) mass is 294 g/mol. The molecule has 0 bridgehead atoms. The Labute approximate surface area is 118 Å². The van der Waals surface area contributed by atoms with E-state index in [4.69, 9.17) is 5.73 Å². The van der Waals surface area contributed by atoms with Crippen molar-refractivity contribution >= 4 is 5.96 Å². The molecule has 4 nitrogen and oxygen atoms in total. The first-order valence-electron chi connectivity index (χ1n) is 7.18. The number of aliphatic imine (C=N–C) groups is 1. The summed E-state index contributed by atoms with van der Waals surface area (Å²) in [4.78, 5) is 7.61. The number of hydrogen-bond acceptors (Lipinski definition) is 2. The first-order valence-corrected chi connectivity index (χ1v) is 7.18. The highest BCUT2D eigenvalue weighted by molar-refractivity contribution is 5.78. The molecule has 7 heteroatoms. The van der Waals surface area contributed by atoms with Crippen LogP contribution in [0.3, 0.4) is 0 Å². The Morgan fingerprint density at radius 3 is 2.35 bits per heavy atom. The van der Waals surface area contributed by atoms with Crippen molar-refractivity contribution in [1.82, 2.24) is 9.80 Å². The fourth-order valence-corrected chi connectivity index (χ4v) is 2.32. The molecule has 0 aliphatic carbocycles. The Hall–Kier alpha value is -0.980. The molecule has 0 saturated carbocycles. The van der Waals surface area contributed by atoms with E-state index in [0.29, 0.717) is 25.5 Å². The van der Waals surface area contributed by atoms with Crippen LogP contribution in [0.25, 0.3) is 0 Å². The molecule has 0 atom stereocenters. The summed E-state index contributed by atoms with van der Waals surface area (Å²) in [6.07, 6.45) is 1.16. The summed E-state index contributed by atoms with van der Waals surface area (Å²) in [6, 6.07) is 0. The lowest BCUT2D eigenvalue weighted by atomic mass is 10.2. The fraction of sp³-hybridized carbons (Fsp3) is 0.923. The van der Waals surface area contributed by atoms with Crippen molar-refractivity contribution in [2.24, 2.45) is 10.7 Å². The molecule has 118 valence electrons. The van der Waals surface area contributed by atoms with Gasteiger partial charge in [0.2, 0.25) is 0 Å². The zero-order valence-electron chi connectivity index (χ0n) is 12.1. The van der Waals surface area contributed by atoms with Gasteiger partial charge < -0.3 is 10.6 Å². The minimum Gasteiger partial charge on any atom is -0.370 e. The fourth-order valence-electron chi connectivity index (χ4n) is 2.32. The molecule has 1 saturated heterocycles. The van der Waals surface area contributed by atoms with Gasteiger partial charge in [0.05, 0.1) is 6.54 Å². The van der Waals surface area contributed by atoms with Crippen LogP contribution in [-0.4, -0.2) is 61.7 Å². The molecule has 1 fully saturated rings. The third-order valence-electron chi connectivity index (χ3n) is 3.35. The van der Waals surface area contributed by atoms with Gasteiger partial charge in [0.25, 0.3) is 0 Å². The van der Waals surface area contributed by atoms with E-state index in [0.717, 1.165) is 25.9 Å². The van der Waals surface area contributed by atoms with Crippen molar-refractivity contribution in [3.63, 3.8) is 0 Å². The predicted octanol–water partition coefficient (Wildman–Crippen LogP) is 2.06. The van der Waals surface area contributed by atoms with E-state index in [1.807, 2.05) is 0 Å². The van der Waals surface area contributed by atoms with Gasteiger partial charge in [0.15, 0.2) is 5.96 Å². The molecule has 1 rings (SSSR count). The van der Waals surface area contributed by atoms with Crippen LogP contribution in [0, 0.1) is 0 Å². The number of likely N-dealkylation sites (tertiary alicyclic amines) is 1. The number of nitrogens with two attached hydrogens (primary N) is 1. The molecule has 0 radical (unpaired) electrons. The van der Waals surface area contributed by atoms with Gasteiger partial charge in [0.1, 0.15) is 0 Å². The standard InChI is InChI=1S/C13H25F3N4/c1-19(11-13(14,15)16)8-6-7-18-12(17)20-9-4-2-3-5-10-20/h2-11H2,1H3,(H2,17,18). The van der Waals surface area contributed by atoms with E-state index in [1.165, 1.54) is 24.8 Å². The van der Waals surface area contributed by atoms with Crippen molar-refractivity contribution in [3.8, 4) is 0 Å². The second-order valence-corrected chi connectivity index (χ2v) is 5.35. The van der Waals surface area contributed by atoms with Crippen molar-refractivity contribution in [2.45, 2.75) is 38.3 Å². The molecule has 1 aliphatic rings. The van der Waals surface area contributed by atoms with E-state index in [1.54, 1.807) is 0 Å². The molecular formula is C13H25F3N4. The van der Waals surface area contributed by atoms with Gasteiger partial charge in [-0.15, -0.1) is 0 Å². The van der Waals surface area contributed by atoms with Gasteiger partial charge in [-0.1, -0.05) is 12.8 Å². The molecule has 0 amide bonds. The topological polar surface area (TPSA) is 44.9 Å². The lowest BCUT2D eigenvalue weighted by Gasteiger charge is -2.21. The lowest BCUT2D eigenvalue weighted by Crippen LogP contribution is -2.38. The maximum atomic E-state index is 12.1. The van der Waals surface area contributed by atoms with Crippen LogP contribution >= 0.6 is 0 Å². The summed E-state index contributed by atoms with van der Waals surface area (Å²) in [7, 11) is 1.47. The minimum atomic E-state index is -4.14. The first kappa shape index (κ1) is 17.1. The Bertz CT molecular complexity index is 296. The summed E-state index contributed by atoms with van der Waals surface area (Å²) in [5.74, 6) is 0.533. The molecule has 2 N–H and O–H groups in total. The van der Waals surface area contributed by atoms with Crippen molar-refractivity contribution in [3.05, 3.63) is 0 Å². The van der Waals surface area contributed by atoms with E-state index in [-0.39, 0.29) is 0 Å². The normalized spacial score (nSPS) is 18.4. The van der Waals surface area contributed by atoms with Crippen LogP contribution in [0.15, 0.2) is 4.99 Å². The number of guanidine groups is 1. The van der Waals surface area contributed by atoms with Gasteiger partial charge in [-0.25, -0.2) is 0 Å². The van der Waals surface area contributed by atoms with Gasteiger partial charge in [0, 0.05) is 19.6 Å².